The maximum atomic E-state index is 13.2. The Morgan fingerprint density at radius 3 is 2.65 bits per heavy atom. The minimum absolute atomic E-state index is 0.278. The van der Waals surface area contributed by atoms with Crippen molar-refractivity contribution in [2.75, 3.05) is 23.8 Å². The topological polar surface area (TPSA) is 58.1 Å². The fraction of sp³-hybridized carbons (Fsp3) is 0.150. The van der Waals surface area contributed by atoms with Crippen LogP contribution in [0.2, 0.25) is 0 Å². The number of rotatable bonds is 6. The standard InChI is InChI=1S/C20H19FN4O/c1-25(12-9-15-7-10-22-11-8-15)18-5-6-19(23-14-18)20(26)24-17-4-2-3-16(21)13-17/h2-8,10-11,13-14H,9,12H2,1H3,(H,24,26). The van der Waals surface area contributed by atoms with Crippen molar-refractivity contribution in [3.63, 3.8) is 0 Å². The number of halogens is 1. The Balaban J connectivity index is 1.59. The summed E-state index contributed by atoms with van der Waals surface area (Å²) < 4.78 is 13.2. The molecular weight excluding hydrogens is 331 g/mol. The van der Waals surface area contributed by atoms with Gasteiger partial charge in [0.15, 0.2) is 0 Å². The van der Waals surface area contributed by atoms with Crippen molar-refractivity contribution in [3.8, 4) is 0 Å². The molecule has 0 unspecified atom stereocenters. The first-order valence-electron chi connectivity index (χ1n) is 8.25. The van der Waals surface area contributed by atoms with Crippen LogP contribution in [0.4, 0.5) is 15.8 Å². The molecule has 6 heteroatoms. The van der Waals surface area contributed by atoms with Crippen LogP contribution in [0.1, 0.15) is 16.1 Å². The second-order valence-corrected chi connectivity index (χ2v) is 5.89. The Labute approximate surface area is 151 Å². The molecule has 2 heterocycles. The molecule has 0 spiro atoms. The first-order chi connectivity index (χ1) is 12.6. The van der Waals surface area contributed by atoms with Crippen molar-refractivity contribution in [1.82, 2.24) is 9.97 Å². The first kappa shape index (κ1) is 17.5. The number of anilines is 2. The summed E-state index contributed by atoms with van der Waals surface area (Å²) in [6.45, 7) is 0.820. The predicted molar refractivity (Wildman–Crippen MR) is 99.8 cm³/mol. The van der Waals surface area contributed by atoms with Crippen molar-refractivity contribution in [1.29, 1.82) is 0 Å². The molecule has 0 bridgehead atoms. The number of likely N-dealkylation sites (N-methyl/N-ethyl adjacent to an activating group) is 1. The van der Waals surface area contributed by atoms with E-state index in [0.29, 0.717) is 5.69 Å². The summed E-state index contributed by atoms with van der Waals surface area (Å²) in [4.78, 5) is 22.5. The number of hydrogen-bond donors (Lipinski definition) is 1. The summed E-state index contributed by atoms with van der Waals surface area (Å²) >= 11 is 0. The largest absolute Gasteiger partial charge is 0.373 e. The van der Waals surface area contributed by atoms with Gasteiger partial charge in [-0.25, -0.2) is 9.37 Å². The molecule has 5 nitrogen and oxygen atoms in total. The van der Waals surface area contributed by atoms with Crippen LogP contribution in [0.15, 0.2) is 67.1 Å². The van der Waals surface area contributed by atoms with Gasteiger partial charge in [0.25, 0.3) is 5.91 Å². The molecule has 2 aromatic heterocycles. The second-order valence-electron chi connectivity index (χ2n) is 5.89. The minimum atomic E-state index is -0.401. The van der Waals surface area contributed by atoms with Crippen LogP contribution in [0.3, 0.4) is 0 Å². The molecule has 0 saturated heterocycles. The summed E-state index contributed by atoms with van der Waals surface area (Å²) in [5, 5.41) is 2.63. The van der Waals surface area contributed by atoms with Crippen LogP contribution >= 0.6 is 0 Å². The monoisotopic (exact) mass is 350 g/mol. The van der Waals surface area contributed by atoms with Crippen LogP contribution in [0.5, 0.6) is 0 Å². The normalized spacial score (nSPS) is 10.4. The number of benzene rings is 1. The summed E-state index contributed by atoms with van der Waals surface area (Å²) in [5.41, 5.74) is 2.81. The van der Waals surface area contributed by atoms with Gasteiger partial charge in [0.1, 0.15) is 11.5 Å². The summed E-state index contributed by atoms with van der Waals surface area (Å²) in [6, 6.07) is 13.2. The fourth-order valence-electron chi connectivity index (χ4n) is 2.48. The highest BCUT2D eigenvalue weighted by Gasteiger charge is 2.09. The van der Waals surface area contributed by atoms with Gasteiger partial charge in [0.05, 0.1) is 11.9 Å². The van der Waals surface area contributed by atoms with E-state index in [4.69, 9.17) is 0 Å². The van der Waals surface area contributed by atoms with Gasteiger partial charge in [0.2, 0.25) is 0 Å². The van der Waals surface area contributed by atoms with Crippen molar-refractivity contribution in [3.05, 3.63) is 84.2 Å². The Bertz CT molecular complexity index is 868. The lowest BCUT2D eigenvalue weighted by atomic mass is 10.2. The molecule has 0 atom stereocenters. The number of nitrogens with zero attached hydrogens (tertiary/aromatic N) is 3. The molecule has 3 aromatic rings. The van der Waals surface area contributed by atoms with E-state index in [-0.39, 0.29) is 11.6 Å². The summed E-state index contributed by atoms with van der Waals surface area (Å²) in [7, 11) is 1.98. The first-order valence-corrected chi connectivity index (χ1v) is 8.25. The number of nitrogens with one attached hydrogen (secondary N) is 1. The van der Waals surface area contributed by atoms with Crippen molar-refractivity contribution in [2.45, 2.75) is 6.42 Å². The van der Waals surface area contributed by atoms with Gasteiger partial charge >= 0.3 is 0 Å². The number of hydrogen-bond acceptors (Lipinski definition) is 4. The van der Waals surface area contributed by atoms with Gasteiger partial charge in [-0.1, -0.05) is 6.07 Å². The van der Waals surface area contributed by atoms with Crippen molar-refractivity contribution < 1.29 is 9.18 Å². The van der Waals surface area contributed by atoms with Crippen LogP contribution in [-0.2, 0) is 6.42 Å². The Kier molecular flexibility index (Phi) is 5.53. The average molecular weight is 350 g/mol. The van der Waals surface area contributed by atoms with Gasteiger partial charge < -0.3 is 10.2 Å². The second kappa shape index (κ2) is 8.20. The minimum Gasteiger partial charge on any atom is -0.373 e. The molecule has 0 radical (unpaired) electrons. The number of carbonyl (C=O) groups excluding carboxylic acids is 1. The molecule has 1 N–H and O–H groups in total. The maximum Gasteiger partial charge on any atom is 0.274 e. The number of aromatic nitrogens is 2. The predicted octanol–water partition coefficient (Wildman–Crippen LogP) is 3.55. The lowest BCUT2D eigenvalue weighted by Gasteiger charge is -2.19. The zero-order valence-corrected chi connectivity index (χ0v) is 14.4. The molecule has 0 aliphatic rings. The van der Waals surface area contributed by atoms with Gasteiger partial charge in [-0.2, -0.15) is 0 Å². The van der Waals surface area contributed by atoms with E-state index in [1.165, 1.54) is 17.7 Å². The van der Waals surface area contributed by atoms with E-state index in [9.17, 15) is 9.18 Å². The number of amides is 1. The highest BCUT2D eigenvalue weighted by atomic mass is 19.1. The Morgan fingerprint density at radius 2 is 1.96 bits per heavy atom. The van der Waals surface area contributed by atoms with Crippen LogP contribution in [0.25, 0.3) is 0 Å². The van der Waals surface area contributed by atoms with E-state index in [2.05, 4.69) is 20.2 Å². The molecule has 0 aliphatic heterocycles. The third-order valence-electron chi connectivity index (χ3n) is 3.99. The van der Waals surface area contributed by atoms with E-state index in [1.807, 2.05) is 25.2 Å². The fourth-order valence-corrected chi connectivity index (χ4v) is 2.48. The molecule has 132 valence electrons. The van der Waals surface area contributed by atoms with E-state index in [1.54, 1.807) is 36.8 Å². The van der Waals surface area contributed by atoms with Crippen molar-refractivity contribution >= 4 is 17.3 Å². The van der Waals surface area contributed by atoms with Gasteiger partial charge in [-0.05, 0) is 54.4 Å². The molecule has 0 saturated carbocycles. The summed E-state index contributed by atoms with van der Waals surface area (Å²) in [5.74, 6) is -0.775. The van der Waals surface area contributed by atoms with E-state index >= 15 is 0 Å². The highest BCUT2D eigenvalue weighted by molar-refractivity contribution is 6.02. The SMILES string of the molecule is CN(CCc1ccncc1)c1ccc(C(=O)Nc2cccc(F)c2)nc1. The smallest absolute Gasteiger partial charge is 0.274 e. The maximum absolute atomic E-state index is 13.2. The Hall–Kier alpha value is -3.28. The number of pyridine rings is 2. The lowest BCUT2D eigenvalue weighted by molar-refractivity contribution is 0.102. The van der Waals surface area contributed by atoms with E-state index in [0.717, 1.165) is 18.7 Å². The molecule has 26 heavy (non-hydrogen) atoms. The van der Waals surface area contributed by atoms with Gasteiger partial charge in [-0.15, -0.1) is 0 Å². The van der Waals surface area contributed by atoms with Crippen LogP contribution < -0.4 is 10.2 Å². The highest BCUT2D eigenvalue weighted by Crippen LogP contribution is 2.14. The molecular formula is C20H19FN4O. The third kappa shape index (κ3) is 4.63. The molecule has 1 aromatic carbocycles. The van der Waals surface area contributed by atoms with Crippen molar-refractivity contribution in [2.24, 2.45) is 0 Å². The lowest BCUT2D eigenvalue weighted by Crippen LogP contribution is -2.21. The molecule has 0 aliphatic carbocycles. The summed E-state index contributed by atoms with van der Waals surface area (Å²) in [6.07, 6.45) is 6.11. The zero-order valence-electron chi connectivity index (χ0n) is 14.4. The zero-order chi connectivity index (χ0) is 18.4. The molecule has 0 fully saturated rings. The van der Waals surface area contributed by atoms with Crippen LogP contribution in [-0.4, -0.2) is 29.5 Å². The average Bonchev–Trinajstić information content (AvgIpc) is 2.67. The molecule has 3 rings (SSSR count). The van der Waals surface area contributed by atoms with Gasteiger partial charge in [-0.3, -0.25) is 9.78 Å². The van der Waals surface area contributed by atoms with Crippen LogP contribution in [0, 0.1) is 5.82 Å². The third-order valence-corrected chi connectivity index (χ3v) is 3.99. The molecule has 1 amide bonds. The quantitative estimate of drug-likeness (QED) is 0.739. The Morgan fingerprint density at radius 1 is 1.15 bits per heavy atom. The number of carbonyl (C=O) groups is 1. The van der Waals surface area contributed by atoms with Gasteiger partial charge in [0, 0.05) is 31.7 Å². The van der Waals surface area contributed by atoms with E-state index < -0.39 is 5.82 Å².